The van der Waals surface area contributed by atoms with Crippen molar-refractivity contribution in [2.45, 2.75) is 6.92 Å². The van der Waals surface area contributed by atoms with E-state index in [4.69, 9.17) is 4.74 Å². The molecule has 4 nitrogen and oxygen atoms in total. The van der Waals surface area contributed by atoms with E-state index in [9.17, 15) is 4.79 Å². The number of halogens is 1. The van der Waals surface area contributed by atoms with Crippen molar-refractivity contribution in [2.75, 3.05) is 26.2 Å². The zero-order valence-electron chi connectivity index (χ0n) is 9.83. The summed E-state index contributed by atoms with van der Waals surface area (Å²) in [5, 5.41) is 5.89. The van der Waals surface area contributed by atoms with Crippen molar-refractivity contribution < 1.29 is 9.53 Å². The monoisotopic (exact) mass is 300 g/mol. The van der Waals surface area contributed by atoms with Gasteiger partial charge in [-0.15, -0.1) is 0 Å². The van der Waals surface area contributed by atoms with E-state index in [1.54, 1.807) is 0 Å². The number of ether oxygens (including phenoxy) is 1. The highest BCUT2D eigenvalue weighted by Gasteiger charge is 2.01. The lowest BCUT2D eigenvalue weighted by Gasteiger charge is -2.07. The molecule has 0 spiro atoms. The van der Waals surface area contributed by atoms with Crippen LogP contribution in [0.2, 0.25) is 0 Å². The SMILES string of the molecule is CCNCCNC(=O)COc1ccc(Br)cc1. The smallest absolute Gasteiger partial charge is 0.257 e. The quantitative estimate of drug-likeness (QED) is 0.751. The molecule has 0 unspecified atom stereocenters. The molecule has 0 saturated heterocycles. The van der Waals surface area contributed by atoms with Crippen LogP contribution in [0.3, 0.4) is 0 Å². The van der Waals surface area contributed by atoms with Crippen molar-refractivity contribution in [3.05, 3.63) is 28.7 Å². The maximum atomic E-state index is 11.4. The van der Waals surface area contributed by atoms with Crippen LogP contribution in [0.4, 0.5) is 0 Å². The Morgan fingerprint density at radius 1 is 1.29 bits per heavy atom. The molecule has 94 valence electrons. The number of rotatable bonds is 7. The zero-order valence-corrected chi connectivity index (χ0v) is 11.4. The number of carbonyl (C=O) groups excluding carboxylic acids is 1. The molecule has 0 bridgehead atoms. The number of hydrogen-bond donors (Lipinski definition) is 2. The van der Waals surface area contributed by atoms with E-state index < -0.39 is 0 Å². The van der Waals surface area contributed by atoms with Crippen LogP contribution in [0.25, 0.3) is 0 Å². The Balaban J connectivity index is 2.17. The Labute approximate surface area is 110 Å². The first-order valence-electron chi connectivity index (χ1n) is 5.58. The summed E-state index contributed by atoms with van der Waals surface area (Å²) < 4.78 is 6.31. The molecule has 1 rings (SSSR count). The van der Waals surface area contributed by atoms with Gasteiger partial charge in [0.25, 0.3) is 5.91 Å². The number of benzene rings is 1. The Morgan fingerprint density at radius 2 is 2.00 bits per heavy atom. The van der Waals surface area contributed by atoms with E-state index in [0.717, 1.165) is 17.6 Å². The molecule has 0 aliphatic rings. The lowest BCUT2D eigenvalue weighted by Crippen LogP contribution is -2.34. The van der Waals surface area contributed by atoms with Gasteiger partial charge in [0.15, 0.2) is 6.61 Å². The van der Waals surface area contributed by atoms with Gasteiger partial charge in [0.05, 0.1) is 0 Å². The van der Waals surface area contributed by atoms with Gasteiger partial charge in [0, 0.05) is 17.6 Å². The number of carbonyl (C=O) groups is 1. The van der Waals surface area contributed by atoms with Crippen molar-refractivity contribution in [3.8, 4) is 5.75 Å². The Hall–Kier alpha value is -1.07. The van der Waals surface area contributed by atoms with E-state index in [-0.39, 0.29) is 12.5 Å². The molecule has 1 aromatic rings. The second-order valence-electron chi connectivity index (χ2n) is 3.45. The van der Waals surface area contributed by atoms with Crippen LogP contribution in [-0.4, -0.2) is 32.1 Å². The normalized spacial score (nSPS) is 10.0. The minimum atomic E-state index is -0.106. The molecule has 1 amide bonds. The Kier molecular flexibility index (Phi) is 6.65. The molecule has 0 fully saturated rings. The van der Waals surface area contributed by atoms with Crippen LogP contribution >= 0.6 is 15.9 Å². The molecule has 0 atom stereocenters. The Bertz CT molecular complexity index is 341. The second-order valence-corrected chi connectivity index (χ2v) is 4.36. The second kappa shape index (κ2) is 8.08. The Morgan fingerprint density at radius 3 is 2.65 bits per heavy atom. The van der Waals surface area contributed by atoms with E-state index in [1.807, 2.05) is 31.2 Å². The molecule has 5 heteroatoms. The highest BCUT2D eigenvalue weighted by atomic mass is 79.9. The first-order valence-corrected chi connectivity index (χ1v) is 6.37. The summed E-state index contributed by atoms with van der Waals surface area (Å²) in [6.07, 6.45) is 0. The summed E-state index contributed by atoms with van der Waals surface area (Å²) in [6.45, 7) is 4.38. The van der Waals surface area contributed by atoms with Crippen LogP contribution < -0.4 is 15.4 Å². The molecule has 0 aliphatic carbocycles. The molecule has 0 aliphatic heterocycles. The van der Waals surface area contributed by atoms with Gasteiger partial charge < -0.3 is 15.4 Å². The standard InChI is InChI=1S/C12H17BrN2O2/c1-2-14-7-8-15-12(16)9-17-11-5-3-10(13)4-6-11/h3-6,14H,2,7-9H2,1H3,(H,15,16). The molecule has 17 heavy (non-hydrogen) atoms. The number of hydrogen-bond acceptors (Lipinski definition) is 3. The van der Waals surface area contributed by atoms with Gasteiger partial charge in [-0.05, 0) is 30.8 Å². The number of likely N-dealkylation sites (N-methyl/N-ethyl adjacent to an activating group) is 1. The first-order chi connectivity index (χ1) is 8.22. The van der Waals surface area contributed by atoms with Crippen molar-refractivity contribution in [3.63, 3.8) is 0 Å². The topological polar surface area (TPSA) is 50.4 Å². The minimum Gasteiger partial charge on any atom is -0.484 e. The van der Waals surface area contributed by atoms with Gasteiger partial charge in [-0.1, -0.05) is 22.9 Å². The van der Waals surface area contributed by atoms with Gasteiger partial charge >= 0.3 is 0 Å². The molecule has 2 N–H and O–H groups in total. The maximum absolute atomic E-state index is 11.4. The summed E-state index contributed by atoms with van der Waals surface area (Å²) in [5.41, 5.74) is 0. The predicted molar refractivity (Wildman–Crippen MR) is 71.2 cm³/mol. The summed E-state index contributed by atoms with van der Waals surface area (Å²) >= 11 is 3.33. The molecule has 1 aromatic carbocycles. The summed E-state index contributed by atoms with van der Waals surface area (Å²) in [4.78, 5) is 11.4. The molecule has 0 aromatic heterocycles. The van der Waals surface area contributed by atoms with Crippen LogP contribution in [0.1, 0.15) is 6.92 Å². The van der Waals surface area contributed by atoms with E-state index in [2.05, 4.69) is 26.6 Å². The van der Waals surface area contributed by atoms with Crippen molar-refractivity contribution in [1.82, 2.24) is 10.6 Å². The van der Waals surface area contributed by atoms with Gasteiger partial charge in [-0.3, -0.25) is 4.79 Å². The average molecular weight is 301 g/mol. The summed E-state index contributed by atoms with van der Waals surface area (Å²) in [5.74, 6) is 0.584. The molecular formula is C12H17BrN2O2. The maximum Gasteiger partial charge on any atom is 0.257 e. The molecule has 0 radical (unpaired) electrons. The summed E-state index contributed by atoms with van der Waals surface area (Å²) in [7, 11) is 0. The fourth-order valence-corrected chi connectivity index (χ4v) is 1.46. The summed E-state index contributed by atoms with van der Waals surface area (Å²) in [6, 6.07) is 7.38. The molecular weight excluding hydrogens is 284 g/mol. The minimum absolute atomic E-state index is 0.0494. The van der Waals surface area contributed by atoms with Gasteiger partial charge in [-0.25, -0.2) is 0 Å². The van der Waals surface area contributed by atoms with Gasteiger partial charge in [-0.2, -0.15) is 0 Å². The molecule has 0 saturated carbocycles. The third-order valence-electron chi connectivity index (χ3n) is 2.06. The largest absolute Gasteiger partial charge is 0.484 e. The number of amides is 1. The number of nitrogens with one attached hydrogen (secondary N) is 2. The van der Waals surface area contributed by atoms with Crippen LogP contribution in [-0.2, 0) is 4.79 Å². The average Bonchev–Trinajstić information content (AvgIpc) is 2.34. The van der Waals surface area contributed by atoms with Gasteiger partial charge in [0.2, 0.25) is 0 Å². The zero-order chi connectivity index (χ0) is 12.5. The predicted octanol–water partition coefficient (Wildman–Crippen LogP) is 1.55. The fourth-order valence-electron chi connectivity index (χ4n) is 1.20. The van der Waals surface area contributed by atoms with Crippen molar-refractivity contribution in [2.24, 2.45) is 0 Å². The van der Waals surface area contributed by atoms with Crippen molar-refractivity contribution in [1.29, 1.82) is 0 Å². The van der Waals surface area contributed by atoms with E-state index in [1.165, 1.54) is 0 Å². The third kappa shape index (κ3) is 6.28. The molecule has 0 heterocycles. The van der Waals surface area contributed by atoms with E-state index >= 15 is 0 Å². The van der Waals surface area contributed by atoms with Crippen LogP contribution in [0.5, 0.6) is 5.75 Å². The highest BCUT2D eigenvalue weighted by molar-refractivity contribution is 9.10. The fraction of sp³-hybridized carbons (Fsp3) is 0.417. The van der Waals surface area contributed by atoms with Crippen LogP contribution in [0, 0.1) is 0 Å². The van der Waals surface area contributed by atoms with Gasteiger partial charge in [0.1, 0.15) is 5.75 Å². The highest BCUT2D eigenvalue weighted by Crippen LogP contribution is 2.15. The van der Waals surface area contributed by atoms with Crippen LogP contribution in [0.15, 0.2) is 28.7 Å². The van der Waals surface area contributed by atoms with Crippen molar-refractivity contribution >= 4 is 21.8 Å². The third-order valence-corrected chi connectivity index (χ3v) is 2.59. The lowest BCUT2D eigenvalue weighted by atomic mass is 10.3. The van der Waals surface area contributed by atoms with E-state index in [0.29, 0.717) is 12.3 Å². The first kappa shape index (κ1) is 14.0. The lowest BCUT2D eigenvalue weighted by molar-refractivity contribution is -0.123.